The summed E-state index contributed by atoms with van der Waals surface area (Å²) in [6.45, 7) is -0.584. The quantitative estimate of drug-likeness (QED) is 0.397. The van der Waals surface area contributed by atoms with Gasteiger partial charge in [0, 0.05) is 41.5 Å². The molecule has 1 saturated carbocycles. The monoisotopic (exact) mass is 600 g/mol. The van der Waals surface area contributed by atoms with E-state index in [2.05, 4.69) is 5.32 Å². The Balaban J connectivity index is 1.42. The van der Waals surface area contributed by atoms with E-state index in [1.807, 2.05) is 48.5 Å². The topological polar surface area (TPSA) is 66.5 Å². The highest BCUT2D eigenvalue weighted by Crippen LogP contribution is 2.48. The zero-order valence-corrected chi connectivity index (χ0v) is 23.3. The fourth-order valence-electron chi connectivity index (χ4n) is 6.63. The van der Waals surface area contributed by atoms with Gasteiger partial charge in [0.25, 0.3) is 0 Å². The molecule has 5 nitrogen and oxygen atoms in total. The van der Waals surface area contributed by atoms with Gasteiger partial charge in [-0.3, -0.25) is 4.79 Å². The third-order valence-corrected chi connectivity index (χ3v) is 10.6. The molecule has 3 aliphatic rings. The second kappa shape index (κ2) is 11.1. The number of carbonyl (C=O) groups is 1. The first-order valence-electron chi connectivity index (χ1n) is 13.0. The molecular weight excluding hydrogens is 572 g/mol. The number of sulfonamides is 1. The molecule has 4 atom stereocenters. The van der Waals surface area contributed by atoms with Gasteiger partial charge in [0.05, 0.1) is 0 Å². The smallest absolute Gasteiger partial charge is 0.353 e. The molecule has 2 aliphatic heterocycles. The van der Waals surface area contributed by atoms with Crippen molar-refractivity contribution < 1.29 is 26.4 Å². The molecule has 5 rings (SSSR count). The van der Waals surface area contributed by atoms with Crippen molar-refractivity contribution in [1.29, 1.82) is 0 Å². The third-order valence-electron chi connectivity index (χ3n) is 8.45. The van der Waals surface area contributed by atoms with Gasteiger partial charge >= 0.3 is 15.5 Å². The van der Waals surface area contributed by atoms with Crippen LogP contribution < -0.4 is 5.32 Å². The highest BCUT2D eigenvalue weighted by Gasteiger charge is 2.51. The summed E-state index contributed by atoms with van der Waals surface area (Å²) in [5.41, 5.74) is -2.19. The van der Waals surface area contributed by atoms with E-state index in [0.29, 0.717) is 14.4 Å². The normalized spacial score (nSPS) is 26.6. The molecule has 0 radical (unpaired) electrons. The summed E-state index contributed by atoms with van der Waals surface area (Å²) >= 11 is 12.3. The van der Waals surface area contributed by atoms with Gasteiger partial charge < -0.3 is 5.32 Å². The molecule has 2 aromatic carbocycles. The summed E-state index contributed by atoms with van der Waals surface area (Å²) in [5.74, 6) is 0.209. The molecule has 4 unspecified atom stereocenters. The fourth-order valence-corrected chi connectivity index (χ4v) is 7.78. The van der Waals surface area contributed by atoms with E-state index >= 15 is 0 Å². The summed E-state index contributed by atoms with van der Waals surface area (Å²) in [5, 5.41) is 4.44. The van der Waals surface area contributed by atoms with Crippen LogP contribution in [0.2, 0.25) is 10.0 Å². The van der Waals surface area contributed by atoms with Gasteiger partial charge in [-0.15, -0.1) is 0 Å². The maximum absolute atomic E-state index is 13.1. The maximum atomic E-state index is 13.1. The number of rotatable bonds is 5. The van der Waals surface area contributed by atoms with Crippen LogP contribution in [0.25, 0.3) is 0 Å². The molecule has 0 bridgehead atoms. The minimum Gasteiger partial charge on any atom is -0.353 e. The number of alkyl halides is 3. The molecule has 1 amide bonds. The molecule has 39 heavy (non-hydrogen) atoms. The predicted octanol–water partition coefficient (Wildman–Crippen LogP) is 6.53. The Morgan fingerprint density at radius 2 is 1.54 bits per heavy atom. The Morgan fingerprint density at radius 1 is 0.949 bits per heavy atom. The van der Waals surface area contributed by atoms with E-state index in [4.69, 9.17) is 23.2 Å². The van der Waals surface area contributed by atoms with Crippen molar-refractivity contribution in [3.63, 3.8) is 0 Å². The molecule has 1 N–H and O–H groups in total. The minimum absolute atomic E-state index is 0.0265. The first-order valence-corrected chi connectivity index (χ1v) is 15.2. The number of hydrogen-bond donors (Lipinski definition) is 1. The second-order valence-electron chi connectivity index (χ2n) is 10.6. The number of benzene rings is 2. The van der Waals surface area contributed by atoms with Crippen LogP contribution >= 0.6 is 23.2 Å². The average Bonchev–Trinajstić information content (AvgIpc) is 2.90. The number of piperidine rings is 1. The van der Waals surface area contributed by atoms with E-state index in [-0.39, 0.29) is 61.6 Å². The van der Waals surface area contributed by atoms with Crippen molar-refractivity contribution in [2.75, 3.05) is 13.1 Å². The molecular formula is C28H29Cl2F3N2O3S. The Hall–Kier alpha value is -2.07. The molecule has 210 valence electrons. The van der Waals surface area contributed by atoms with Crippen molar-refractivity contribution in [2.45, 2.75) is 49.6 Å². The van der Waals surface area contributed by atoms with E-state index in [0.717, 1.165) is 36.0 Å². The van der Waals surface area contributed by atoms with Gasteiger partial charge in [-0.05, 0) is 78.8 Å². The SMILES string of the molecule is O=C1CC(C2=CCN(S(=O)(=O)C(F)(F)F)CC2)C2CC(C(c3ccc(Cl)cc3)c3ccc(Cl)cc3)CCC2N1. The van der Waals surface area contributed by atoms with Crippen molar-refractivity contribution in [3.05, 3.63) is 81.4 Å². The van der Waals surface area contributed by atoms with Crippen LogP contribution in [0, 0.1) is 17.8 Å². The molecule has 2 fully saturated rings. The lowest BCUT2D eigenvalue weighted by Crippen LogP contribution is -2.53. The largest absolute Gasteiger partial charge is 0.511 e. The van der Waals surface area contributed by atoms with Gasteiger partial charge in [0.15, 0.2) is 0 Å². The molecule has 1 saturated heterocycles. The Labute approximate surface area is 236 Å². The van der Waals surface area contributed by atoms with Crippen LogP contribution in [-0.2, 0) is 14.8 Å². The van der Waals surface area contributed by atoms with E-state index in [1.165, 1.54) is 0 Å². The number of carbonyl (C=O) groups excluding carboxylic acids is 1. The van der Waals surface area contributed by atoms with Crippen molar-refractivity contribution >= 4 is 39.1 Å². The van der Waals surface area contributed by atoms with Crippen molar-refractivity contribution in [3.8, 4) is 0 Å². The van der Waals surface area contributed by atoms with Gasteiger partial charge in [-0.2, -0.15) is 17.5 Å². The number of amides is 1. The lowest BCUT2D eigenvalue weighted by molar-refractivity contribution is -0.127. The lowest BCUT2D eigenvalue weighted by Gasteiger charge is -2.47. The summed E-state index contributed by atoms with van der Waals surface area (Å²) in [4.78, 5) is 12.6. The summed E-state index contributed by atoms with van der Waals surface area (Å²) in [6.07, 6.45) is 4.51. The number of nitrogens with one attached hydrogen (secondary N) is 1. The molecule has 2 aromatic rings. The van der Waals surface area contributed by atoms with E-state index in [1.54, 1.807) is 6.08 Å². The number of halogens is 5. The highest BCUT2D eigenvalue weighted by molar-refractivity contribution is 7.90. The minimum atomic E-state index is -5.38. The van der Waals surface area contributed by atoms with Crippen LogP contribution in [0.5, 0.6) is 0 Å². The van der Waals surface area contributed by atoms with Crippen molar-refractivity contribution in [2.24, 2.45) is 17.8 Å². The third kappa shape index (κ3) is 5.87. The van der Waals surface area contributed by atoms with Gasteiger partial charge in [-0.1, -0.05) is 59.1 Å². The molecule has 11 heteroatoms. The molecule has 1 aliphatic carbocycles. The van der Waals surface area contributed by atoms with Crippen LogP contribution in [0.3, 0.4) is 0 Å². The first kappa shape index (κ1) is 28.5. The zero-order valence-electron chi connectivity index (χ0n) is 21.0. The second-order valence-corrected chi connectivity index (χ2v) is 13.4. The molecule has 0 spiro atoms. The average molecular weight is 602 g/mol. The zero-order chi connectivity index (χ0) is 27.9. The summed E-state index contributed by atoms with van der Waals surface area (Å²) in [7, 11) is -5.38. The van der Waals surface area contributed by atoms with Gasteiger partial charge in [-0.25, -0.2) is 8.42 Å². The van der Waals surface area contributed by atoms with Crippen LogP contribution in [0.1, 0.15) is 49.1 Å². The Kier molecular flexibility index (Phi) is 8.08. The Morgan fingerprint density at radius 3 is 2.05 bits per heavy atom. The van der Waals surface area contributed by atoms with Crippen LogP contribution in [0.4, 0.5) is 13.2 Å². The van der Waals surface area contributed by atoms with Gasteiger partial charge in [0.2, 0.25) is 5.91 Å². The highest BCUT2D eigenvalue weighted by atomic mass is 35.5. The maximum Gasteiger partial charge on any atom is 0.511 e. The van der Waals surface area contributed by atoms with Crippen molar-refractivity contribution in [1.82, 2.24) is 9.62 Å². The number of hydrogen-bond acceptors (Lipinski definition) is 3. The standard InChI is InChI=1S/C28H29Cl2F3N2O3S/c29-21-6-1-18(2-7-21)27(19-3-8-22(30)9-4-19)20-5-10-25-24(15-20)23(16-26(36)34-25)17-11-13-35(14-12-17)39(37,38)28(31,32)33/h1-4,6-9,11,20,23-25,27H,5,10,12-16H2,(H,34,36). The summed E-state index contributed by atoms with van der Waals surface area (Å²) < 4.78 is 63.5. The summed E-state index contributed by atoms with van der Waals surface area (Å²) in [6, 6.07) is 15.6. The lowest BCUT2D eigenvalue weighted by atomic mass is 9.62. The number of fused-ring (bicyclic) bond motifs is 1. The molecule has 2 heterocycles. The van der Waals surface area contributed by atoms with E-state index < -0.39 is 15.5 Å². The van der Waals surface area contributed by atoms with Gasteiger partial charge in [0.1, 0.15) is 0 Å². The Bertz CT molecular complexity index is 1300. The van der Waals surface area contributed by atoms with E-state index in [9.17, 15) is 26.4 Å². The van der Waals surface area contributed by atoms with Crippen LogP contribution in [0.15, 0.2) is 60.2 Å². The predicted molar refractivity (Wildman–Crippen MR) is 145 cm³/mol. The first-order chi connectivity index (χ1) is 18.4. The number of nitrogens with zero attached hydrogens (tertiary/aromatic N) is 1. The fraction of sp³-hybridized carbons (Fsp3) is 0.464. The van der Waals surface area contributed by atoms with Crippen LogP contribution in [-0.4, -0.2) is 43.3 Å². The molecule has 0 aromatic heterocycles.